The van der Waals surface area contributed by atoms with E-state index in [0.717, 1.165) is 31.9 Å². The van der Waals surface area contributed by atoms with E-state index in [2.05, 4.69) is 122 Å². The van der Waals surface area contributed by atoms with Crippen LogP contribution < -0.4 is 39.0 Å². The summed E-state index contributed by atoms with van der Waals surface area (Å²) in [6, 6.07) is 27.9. The van der Waals surface area contributed by atoms with Crippen molar-refractivity contribution in [2.75, 3.05) is 0 Å². The van der Waals surface area contributed by atoms with E-state index in [1.54, 1.807) is 31.0 Å². The fourth-order valence-electron chi connectivity index (χ4n) is 3.49. The smallest absolute Gasteiger partial charge is 1.00 e. The van der Waals surface area contributed by atoms with Crippen LogP contribution in [0.3, 0.4) is 0 Å². The summed E-state index contributed by atoms with van der Waals surface area (Å²) in [7, 11) is 0. The molecule has 0 amide bonds. The minimum Gasteiger partial charge on any atom is -1.00 e. The zero-order chi connectivity index (χ0) is 30.1. The van der Waals surface area contributed by atoms with Crippen LogP contribution in [0.5, 0.6) is 11.8 Å². The molecule has 0 aliphatic rings. The van der Waals surface area contributed by atoms with Gasteiger partial charge in [0.1, 0.15) is 13.2 Å². The molecular formula is C32H30Br3N6NaO2. The average molecular weight is 793 g/mol. The second-order valence-electron chi connectivity index (χ2n) is 8.95. The van der Waals surface area contributed by atoms with E-state index < -0.39 is 0 Å². The third kappa shape index (κ3) is 13.5. The normalized spacial score (nSPS) is 9.89. The number of alkyl halides is 1. The van der Waals surface area contributed by atoms with Gasteiger partial charge in [0.05, 0.1) is 27.9 Å². The first-order valence-corrected chi connectivity index (χ1v) is 15.9. The van der Waals surface area contributed by atoms with E-state index in [-0.39, 0.29) is 31.0 Å². The van der Waals surface area contributed by atoms with Crippen LogP contribution in [0.25, 0.3) is 0 Å². The quantitative estimate of drug-likeness (QED) is 0.154. The third-order valence-corrected chi connectivity index (χ3v) is 7.15. The Bertz CT molecular complexity index is 1600. The molecule has 0 saturated carbocycles. The van der Waals surface area contributed by atoms with Crippen LogP contribution in [0, 0.1) is 0 Å². The largest absolute Gasteiger partial charge is 1.00 e. The fourth-order valence-corrected chi connectivity index (χ4v) is 4.40. The zero-order valence-corrected chi connectivity index (χ0v) is 30.8. The van der Waals surface area contributed by atoms with E-state index >= 15 is 0 Å². The molecular weight excluding hydrogens is 763 g/mol. The summed E-state index contributed by atoms with van der Waals surface area (Å²) < 4.78 is 15.0. The molecule has 44 heavy (non-hydrogen) atoms. The number of aromatic amines is 1. The molecule has 0 spiro atoms. The number of benzene rings is 2. The van der Waals surface area contributed by atoms with Crippen molar-refractivity contribution in [2.24, 2.45) is 0 Å². The van der Waals surface area contributed by atoms with Gasteiger partial charge in [0.2, 0.25) is 11.8 Å². The van der Waals surface area contributed by atoms with Gasteiger partial charge < -0.3 is 10.9 Å². The molecule has 0 unspecified atom stereocenters. The Labute approximate surface area is 305 Å². The van der Waals surface area contributed by atoms with Crippen molar-refractivity contribution >= 4 is 47.8 Å². The second-order valence-corrected chi connectivity index (χ2v) is 11.3. The molecule has 0 saturated heterocycles. The minimum absolute atomic E-state index is 0. The number of H-pyrrole nitrogens is 1. The predicted octanol–water partition coefficient (Wildman–Crippen LogP) is 5.51. The van der Waals surface area contributed by atoms with Gasteiger partial charge in [-0.1, -0.05) is 76.6 Å². The molecule has 4 heterocycles. The van der Waals surface area contributed by atoms with Crippen LogP contribution in [-0.2, 0) is 25.1 Å². The van der Waals surface area contributed by atoms with Gasteiger partial charge in [-0.3, -0.25) is 9.78 Å². The molecule has 0 aliphatic carbocycles. The molecule has 12 heteroatoms. The van der Waals surface area contributed by atoms with Crippen molar-refractivity contribution in [1.29, 1.82) is 0 Å². The first-order chi connectivity index (χ1) is 21.1. The van der Waals surface area contributed by atoms with Gasteiger partial charge in [0.25, 0.3) is 0 Å². The van der Waals surface area contributed by atoms with Gasteiger partial charge >= 0.3 is 29.6 Å². The van der Waals surface area contributed by atoms with Gasteiger partial charge in [-0.05, 0) is 66.2 Å². The van der Waals surface area contributed by atoms with E-state index in [9.17, 15) is 0 Å². The van der Waals surface area contributed by atoms with Gasteiger partial charge in [-0.15, -0.1) is 0 Å². The monoisotopic (exact) mass is 790 g/mol. The molecule has 0 radical (unpaired) electrons. The molecule has 222 valence electrons. The Morgan fingerprint density at radius 1 is 0.682 bits per heavy atom. The summed E-state index contributed by atoms with van der Waals surface area (Å²) in [5, 5.41) is 11.4. The maximum atomic E-state index is 5.62. The van der Waals surface area contributed by atoms with E-state index in [1.165, 1.54) is 11.1 Å². The zero-order valence-electron chi connectivity index (χ0n) is 25.1. The summed E-state index contributed by atoms with van der Waals surface area (Å²) >= 11 is 10.00. The summed E-state index contributed by atoms with van der Waals surface area (Å²) in [6.45, 7) is 1.83. The van der Waals surface area contributed by atoms with Crippen molar-refractivity contribution in [2.45, 2.75) is 25.1 Å². The molecule has 8 nitrogen and oxygen atoms in total. The molecule has 1 N–H and O–H groups in total. The van der Waals surface area contributed by atoms with Gasteiger partial charge in [0.15, 0.2) is 0 Å². The molecule has 0 bridgehead atoms. The fraction of sp³-hybridized carbons (Fsp3) is 0.125. The van der Waals surface area contributed by atoms with E-state index in [4.69, 9.17) is 9.47 Å². The van der Waals surface area contributed by atoms with Crippen LogP contribution in [0.1, 0.15) is 23.7 Å². The topological polar surface area (TPSA) is 90.7 Å². The SMILES string of the molecule is BrCc1ccc(COc2ccccn2)cc1.Brc1cn[nH]c1.Brc1cnn(Cc2ccc(COc3ccccn3)cc2)c1.[H-].[Na+]. The molecule has 0 fully saturated rings. The standard InChI is InChI=1S/C16H14BrN3O.C13H12BrNO.C3H3BrN2.Na.H/c17-15-9-19-20(11-15)10-13-4-6-14(7-5-13)12-21-16-3-1-2-8-18-16;14-9-11-4-6-12(7-5-11)10-16-13-3-1-2-8-15-13;4-3-1-5-6-2-3;;/h1-9,11H,10,12H2;1-8H,9-10H2;1-2H,(H,5,6);;/q;;;+1;-1. The number of hydrogen-bond donors (Lipinski definition) is 1. The number of hydrogen-bond acceptors (Lipinski definition) is 6. The molecule has 6 rings (SSSR count). The maximum Gasteiger partial charge on any atom is 1.00 e. The second kappa shape index (κ2) is 20.3. The number of ether oxygens (including phenoxy) is 2. The first kappa shape index (κ1) is 35.7. The minimum atomic E-state index is 0. The van der Waals surface area contributed by atoms with Gasteiger partial charge in [-0.2, -0.15) is 10.2 Å². The molecule has 0 atom stereocenters. The van der Waals surface area contributed by atoms with Crippen LogP contribution in [-0.4, -0.2) is 29.9 Å². The average Bonchev–Trinajstić information content (AvgIpc) is 3.71. The molecule has 6 aromatic rings. The van der Waals surface area contributed by atoms with Crippen molar-refractivity contribution in [3.05, 3.63) is 153 Å². The molecule has 0 aliphatic heterocycles. The van der Waals surface area contributed by atoms with Crippen molar-refractivity contribution < 1.29 is 40.5 Å². The molecule has 2 aromatic carbocycles. The number of aromatic nitrogens is 6. The Morgan fingerprint density at radius 3 is 1.61 bits per heavy atom. The number of nitrogens with one attached hydrogen (secondary N) is 1. The summed E-state index contributed by atoms with van der Waals surface area (Å²) in [5.41, 5.74) is 4.73. The predicted molar refractivity (Wildman–Crippen MR) is 179 cm³/mol. The van der Waals surface area contributed by atoms with Gasteiger partial charge in [0, 0.05) is 42.3 Å². The van der Waals surface area contributed by atoms with E-state index in [0.29, 0.717) is 25.0 Å². The van der Waals surface area contributed by atoms with Gasteiger partial charge in [-0.25, -0.2) is 9.97 Å². The Morgan fingerprint density at radius 2 is 1.23 bits per heavy atom. The third-order valence-electron chi connectivity index (χ3n) is 5.66. The summed E-state index contributed by atoms with van der Waals surface area (Å²) in [4.78, 5) is 8.23. The van der Waals surface area contributed by atoms with Crippen molar-refractivity contribution in [1.82, 2.24) is 29.9 Å². The Balaban J connectivity index is 0.000000260. The number of nitrogens with zero attached hydrogens (tertiary/aromatic N) is 5. The van der Waals surface area contributed by atoms with Crippen LogP contribution >= 0.6 is 47.8 Å². The summed E-state index contributed by atoms with van der Waals surface area (Å²) in [6.07, 6.45) is 10.6. The number of halogens is 3. The Hall–Kier alpha value is -2.80. The maximum absolute atomic E-state index is 5.62. The van der Waals surface area contributed by atoms with Crippen molar-refractivity contribution in [3.63, 3.8) is 0 Å². The molecule has 4 aromatic heterocycles. The van der Waals surface area contributed by atoms with Crippen LogP contribution in [0.2, 0.25) is 0 Å². The first-order valence-electron chi connectivity index (χ1n) is 13.2. The van der Waals surface area contributed by atoms with Crippen molar-refractivity contribution in [3.8, 4) is 11.8 Å². The van der Waals surface area contributed by atoms with E-state index in [1.807, 2.05) is 47.3 Å². The Kier molecular flexibility index (Phi) is 16.4. The summed E-state index contributed by atoms with van der Waals surface area (Å²) in [5.74, 6) is 1.30. The van der Waals surface area contributed by atoms with Crippen LogP contribution in [0.15, 0.2) is 131 Å². The number of pyridine rings is 2. The van der Waals surface area contributed by atoms with Crippen LogP contribution in [0.4, 0.5) is 0 Å². The number of rotatable bonds is 9.